The van der Waals surface area contributed by atoms with Crippen LogP contribution in [0.5, 0.6) is 0 Å². The number of unbranched alkanes of at least 4 members (excludes halogenated alkanes) is 1. The molecule has 2 N–H and O–H groups in total. The van der Waals surface area contributed by atoms with Gasteiger partial charge in [-0.2, -0.15) is 0 Å². The van der Waals surface area contributed by atoms with E-state index in [-0.39, 0.29) is 12.0 Å². The van der Waals surface area contributed by atoms with Gasteiger partial charge in [0.05, 0.1) is 7.11 Å². The Hall–Kier alpha value is -1.35. The van der Waals surface area contributed by atoms with Crippen molar-refractivity contribution in [3.63, 3.8) is 0 Å². The number of benzene rings is 1. The minimum Gasteiger partial charge on any atom is -0.469 e. The molecule has 0 saturated carbocycles. The van der Waals surface area contributed by atoms with E-state index in [1.807, 2.05) is 0 Å². The maximum absolute atomic E-state index is 11.0. The average Bonchev–Trinajstić information content (AvgIpc) is 2.43. The van der Waals surface area contributed by atoms with E-state index in [0.29, 0.717) is 12.3 Å². The highest BCUT2D eigenvalue weighted by atomic mass is 16.5. The van der Waals surface area contributed by atoms with Crippen molar-refractivity contribution in [3.8, 4) is 0 Å². The second-order valence-electron chi connectivity index (χ2n) is 5.25. The number of rotatable bonds is 7. The average molecular weight is 263 g/mol. The Labute approximate surface area is 116 Å². The molecule has 1 aromatic carbocycles. The smallest absolute Gasteiger partial charge is 0.305 e. The van der Waals surface area contributed by atoms with Gasteiger partial charge in [-0.15, -0.1) is 0 Å². The first-order valence-electron chi connectivity index (χ1n) is 6.97. The van der Waals surface area contributed by atoms with Crippen LogP contribution in [0.4, 0.5) is 0 Å². The molecule has 0 radical (unpaired) electrons. The molecule has 0 fully saturated rings. The lowest BCUT2D eigenvalue weighted by atomic mass is 9.97. The monoisotopic (exact) mass is 263 g/mol. The predicted molar refractivity (Wildman–Crippen MR) is 77.9 cm³/mol. The summed E-state index contributed by atoms with van der Waals surface area (Å²) in [4.78, 5) is 11.0. The number of hydrogen-bond donors (Lipinski definition) is 1. The normalized spacial score (nSPS) is 12.5. The van der Waals surface area contributed by atoms with E-state index in [4.69, 9.17) is 5.73 Å². The molecule has 1 aromatic rings. The molecule has 0 saturated heterocycles. The Balaban J connectivity index is 2.36. The number of ether oxygens (including phenoxy) is 1. The summed E-state index contributed by atoms with van der Waals surface area (Å²) in [5.41, 5.74) is 8.66. The SMILES string of the molecule is COC(=O)CCCCC(N)c1ccc(C(C)C)cc1. The van der Waals surface area contributed by atoms with E-state index in [9.17, 15) is 4.79 Å². The molecule has 0 aliphatic carbocycles. The standard InChI is InChI=1S/C16H25NO2/c1-12(2)13-8-10-14(11-9-13)15(17)6-4-5-7-16(18)19-3/h8-12,15H,4-7,17H2,1-3H3. The predicted octanol–water partition coefficient (Wildman–Crippen LogP) is 3.54. The molecule has 3 nitrogen and oxygen atoms in total. The number of carbonyl (C=O) groups excluding carboxylic acids is 1. The Morgan fingerprint density at radius 2 is 1.74 bits per heavy atom. The minimum atomic E-state index is -0.144. The summed E-state index contributed by atoms with van der Waals surface area (Å²) < 4.78 is 4.61. The highest BCUT2D eigenvalue weighted by Gasteiger charge is 2.07. The number of esters is 1. The summed E-state index contributed by atoms with van der Waals surface area (Å²) >= 11 is 0. The third-order valence-electron chi connectivity index (χ3n) is 3.40. The minimum absolute atomic E-state index is 0.0545. The van der Waals surface area contributed by atoms with Gasteiger partial charge in [-0.1, -0.05) is 44.5 Å². The maximum Gasteiger partial charge on any atom is 0.305 e. The third-order valence-corrected chi connectivity index (χ3v) is 3.40. The van der Waals surface area contributed by atoms with Gasteiger partial charge in [0.15, 0.2) is 0 Å². The summed E-state index contributed by atoms with van der Waals surface area (Å²) in [5, 5.41) is 0. The van der Waals surface area contributed by atoms with E-state index in [2.05, 4.69) is 42.8 Å². The Bertz CT molecular complexity index is 384. The van der Waals surface area contributed by atoms with Gasteiger partial charge in [0.2, 0.25) is 0 Å². The molecule has 0 heterocycles. The van der Waals surface area contributed by atoms with Crippen LogP contribution in [0.3, 0.4) is 0 Å². The van der Waals surface area contributed by atoms with Crippen molar-refractivity contribution >= 4 is 5.97 Å². The summed E-state index contributed by atoms with van der Waals surface area (Å²) in [6.45, 7) is 4.36. The van der Waals surface area contributed by atoms with E-state index < -0.39 is 0 Å². The van der Waals surface area contributed by atoms with Crippen molar-refractivity contribution in [2.75, 3.05) is 7.11 Å². The zero-order valence-electron chi connectivity index (χ0n) is 12.2. The lowest BCUT2D eigenvalue weighted by Crippen LogP contribution is -2.10. The summed E-state index contributed by atoms with van der Waals surface area (Å²) in [6.07, 6.45) is 3.17. The van der Waals surface area contributed by atoms with Crippen molar-refractivity contribution in [1.82, 2.24) is 0 Å². The molecule has 1 rings (SSSR count). The van der Waals surface area contributed by atoms with E-state index in [1.54, 1.807) is 0 Å². The molecule has 1 unspecified atom stereocenters. The fourth-order valence-electron chi connectivity index (χ4n) is 2.03. The molecule has 3 heteroatoms. The zero-order valence-corrected chi connectivity index (χ0v) is 12.2. The van der Waals surface area contributed by atoms with Crippen LogP contribution in [0.2, 0.25) is 0 Å². The van der Waals surface area contributed by atoms with Crippen LogP contribution >= 0.6 is 0 Å². The topological polar surface area (TPSA) is 52.3 Å². The molecular weight excluding hydrogens is 238 g/mol. The molecule has 0 aliphatic rings. The highest BCUT2D eigenvalue weighted by Crippen LogP contribution is 2.21. The Morgan fingerprint density at radius 1 is 1.16 bits per heavy atom. The first-order chi connectivity index (χ1) is 9.04. The quantitative estimate of drug-likeness (QED) is 0.604. The molecule has 0 bridgehead atoms. The number of methoxy groups -OCH3 is 1. The number of nitrogens with two attached hydrogens (primary N) is 1. The largest absolute Gasteiger partial charge is 0.469 e. The number of hydrogen-bond acceptors (Lipinski definition) is 3. The third kappa shape index (κ3) is 5.43. The molecule has 106 valence electrons. The van der Waals surface area contributed by atoms with Crippen molar-refractivity contribution in [2.24, 2.45) is 5.73 Å². The lowest BCUT2D eigenvalue weighted by molar-refractivity contribution is -0.140. The van der Waals surface area contributed by atoms with Crippen LogP contribution in [0.1, 0.15) is 62.6 Å². The maximum atomic E-state index is 11.0. The first-order valence-corrected chi connectivity index (χ1v) is 6.97. The van der Waals surface area contributed by atoms with Crippen LogP contribution in [-0.4, -0.2) is 13.1 Å². The summed E-state index contributed by atoms with van der Waals surface area (Å²) in [6, 6.07) is 8.57. The second-order valence-corrected chi connectivity index (χ2v) is 5.25. The highest BCUT2D eigenvalue weighted by molar-refractivity contribution is 5.68. The fourth-order valence-corrected chi connectivity index (χ4v) is 2.03. The van der Waals surface area contributed by atoms with Gasteiger partial charge < -0.3 is 10.5 Å². The van der Waals surface area contributed by atoms with Gasteiger partial charge in [-0.05, 0) is 29.9 Å². The van der Waals surface area contributed by atoms with E-state index in [0.717, 1.165) is 19.3 Å². The Kier molecular flexibility index (Phi) is 6.57. The second kappa shape index (κ2) is 7.95. The number of carbonyl (C=O) groups is 1. The van der Waals surface area contributed by atoms with E-state index >= 15 is 0 Å². The molecule has 19 heavy (non-hydrogen) atoms. The van der Waals surface area contributed by atoms with Crippen molar-refractivity contribution in [2.45, 2.75) is 51.5 Å². The Morgan fingerprint density at radius 3 is 2.26 bits per heavy atom. The summed E-state index contributed by atoms with van der Waals surface area (Å²) in [7, 11) is 1.42. The zero-order chi connectivity index (χ0) is 14.3. The lowest BCUT2D eigenvalue weighted by Gasteiger charge is -2.13. The van der Waals surface area contributed by atoms with Crippen molar-refractivity contribution < 1.29 is 9.53 Å². The van der Waals surface area contributed by atoms with Gasteiger partial charge in [0.25, 0.3) is 0 Å². The van der Waals surface area contributed by atoms with E-state index in [1.165, 1.54) is 18.2 Å². The van der Waals surface area contributed by atoms with Crippen LogP contribution in [0.15, 0.2) is 24.3 Å². The van der Waals surface area contributed by atoms with Gasteiger partial charge >= 0.3 is 5.97 Å². The molecule has 0 spiro atoms. The van der Waals surface area contributed by atoms with Crippen molar-refractivity contribution in [3.05, 3.63) is 35.4 Å². The first kappa shape index (κ1) is 15.7. The molecule has 0 aromatic heterocycles. The van der Waals surface area contributed by atoms with Crippen LogP contribution in [0.25, 0.3) is 0 Å². The van der Waals surface area contributed by atoms with Gasteiger partial charge in [0, 0.05) is 12.5 Å². The van der Waals surface area contributed by atoms with Crippen LogP contribution < -0.4 is 5.73 Å². The van der Waals surface area contributed by atoms with Gasteiger partial charge in [0.1, 0.15) is 0 Å². The van der Waals surface area contributed by atoms with Crippen molar-refractivity contribution in [1.29, 1.82) is 0 Å². The van der Waals surface area contributed by atoms with Gasteiger partial charge in [-0.25, -0.2) is 0 Å². The van der Waals surface area contributed by atoms with Crippen LogP contribution in [0, 0.1) is 0 Å². The van der Waals surface area contributed by atoms with Gasteiger partial charge in [-0.3, -0.25) is 4.79 Å². The fraction of sp³-hybridized carbons (Fsp3) is 0.562. The van der Waals surface area contributed by atoms with Crippen LogP contribution in [-0.2, 0) is 9.53 Å². The molecule has 1 atom stereocenters. The molecule has 0 amide bonds. The molecule has 0 aliphatic heterocycles. The molecular formula is C16H25NO2. The summed E-state index contributed by atoms with van der Waals surface area (Å²) in [5.74, 6) is 0.403.